The van der Waals surface area contributed by atoms with Crippen molar-refractivity contribution in [2.24, 2.45) is 7.05 Å². The van der Waals surface area contributed by atoms with Crippen LogP contribution in [-0.2, 0) is 13.5 Å². The van der Waals surface area contributed by atoms with Crippen molar-refractivity contribution >= 4 is 27.5 Å². The number of rotatable bonds is 5. The van der Waals surface area contributed by atoms with Crippen LogP contribution >= 0.6 is 11.3 Å². The zero-order valence-electron chi connectivity index (χ0n) is 14.3. The molecule has 0 aliphatic carbocycles. The monoisotopic (exact) mass is 362 g/mol. The van der Waals surface area contributed by atoms with E-state index in [4.69, 9.17) is 0 Å². The molecule has 0 aliphatic heterocycles. The summed E-state index contributed by atoms with van der Waals surface area (Å²) in [7, 11) is 1.93. The van der Waals surface area contributed by atoms with E-state index in [1.165, 1.54) is 16.9 Å². The smallest absolute Gasteiger partial charge is 0.280 e. The second kappa shape index (κ2) is 7.09. The summed E-state index contributed by atoms with van der Waals surface area (Å²) in [6, 6.07) is 18.1. The largest absolute Gasteiger partial charge is 0.350 e. The van der Waals surface area contributed by atoms with E-state index in [1.807, 2.05) is 42.1 Å². The number of amides is 1. The fourth-order valence-corrected chi connectivity index (χ4v) is 3.75. The molecule has 5 nitrogen and oxygen atoms in total. The minimum absolute atomic E-state index is 0.113. The number of carbonyl (C=O) groups is 1. The number of para-hydroxylation sites is 1. The fourth-order valence-electron chi connectivity index (χ4n) is 2.86. The summed E-state index contributed by atoms with van der Waals surface area (Å²) in [6.45, 7) is 0.583. The molecule has 2 aromatic heterocycles. The van der Waals surface area contributed by atoms with Crippen molar-refractivity contribution < 1.29 is 4.79 Å². The molecule has 1 amide bonds. The Balaban J connectivity index is 1.35. The van der Waals surface area contributed by atoms with Gasteiger partial charge in [0, 0.05) is 19.8 Å². The molecule has 130 valence electrons. The van der Waals surface area contributed by atoms with Crippen molar-refractivity contribution in [1.82, 2.24) is 20.1 Å². The Kier molecular flexibility index (Phi) is 4.50. The van der Waals surface area contributed by atoms with Gasteiger partial charge in [0.25, 0.3) is 5.91 Å². The molecule has 0 saturated heterocycles. The lowest BCUT2D eigenvalue weighted by Gasteiger charge is -2.06. The lowest BCUT2D eigenvalue weighted by molar-refractivity contribution is 0.0954. The molecule has 4 aromatic rings. The van der Waals surface area contributed by atoms with Gasteiger partial charge in [-0.1, -0.05) is 36.4 Å². The van der Waals surface area contributed by atoms with Crippen LogP contribution in [0.3, 0.4) is 0 Å². The van der Waals surface area contributed by atoms with Crippen molar-refractivity contribution in [3.8, 4) is 11.3 Å². The summed E-state index contributed by atoms with van der Waals surface area (Å²) < 4.78 is 2.89. The van der Waals surface area contributed by atoms with Crippen LogP contribution in [0, 0.1) is 0 Å². The van der Waals surface area contributed by atoms with Crippen molar-refractivity contribution in [3.63, 3.8) is 0 Å². The van der Waals surface area contributed by atoms with Gasteiger partial charge in [-0.25, -0.2) is 4.98 Å². The highest BCUT2D eigenvalue weighted by atomic mass is 32.1. The van der Waals surface area contributed by atoms with Gasteiger partial charge in [-0.3, -0.25) is 9.48 Å². The van der Waals surface area contributed by atoms with E-state index < -0.39 is 0 Å². The zero-order chi connectivity index (χ0) is 17.9. The van der Waals surface area contributed by atoms with Gasteiger partial charge >= 0.3 is 0 Å². The molecule has 0 atom stereocenters. The molecule has 26 heavy (non-hydrogen) atoms. The average Bonchev–Trinajstić information content (AvgIpc) is 3.28. The van der Waals surface area contributed by atoms with Gasteiger partial charge in [-0.15, -0.1) is 11.3 Å². The number of nitrogens with zero attached hydrogens (tertiary/aromatic N) is 3. The molecule has 0 radical (unpaired) electrons. The molecule has 0 fully saturated rings. The van der Waals surface area contributed by atoms with Crippen LogP contribution in [0.2, 0.25) is 0 Å². The zero-order valence-corrected chi connectivity index (χ0v) is 15.2. The summed E-state index contributed by atoms with van der Waals surface area (Å²) >= 11 is 1.42. The maximum absolute atomic E-state index is 12.3. The number of hydrogen-bond acceptors (Lipinski definition) is 4. The number of aromatic nitrogens is 3. The SMILES string of the molecule is Cn1nccc1-c1ccc(CCNC(=O)c2nc3ccccc3s2)cc1. The quantitative estimate of drug-likeness (QED) is 0.589. The topological polar surface area (TPSA) is 59.8 Å². The lowest BCUT2D eigenvalue weighted by atomic mass is 10.1. The van der Waals surface area contributed by atoms with E-state index in [2.05, 4.69) is 39.7 Å². The minimum Gasteiger partial charge on any atom is -0.350 e. The van der Waals surface area contributed by atoms with Crippen molar-refractivity contribution in [2.75, 3.05) is 6.54 Å². The van der Waals surface area contributed by atoms with Gasteiger partial charge in [0.15, 0.2) is 5.01 Å². The molecule has 1 N–H and O–H groups in total. The molecule has 4 rings (SSSR count). The first kappa shape index (κ1) is 16.5. The first-order valence-corrected chi connectivity index (χ1v) is 9.23. The minimum atomic E-state index is -0.113. The normalized spacial score (nSPS) is 11.0. The van der Waals surface area contributed by atoms with Crippen LogP contribution in [0.4, 0.5) is 0 Å². The molecule has 0 aliphatic rings. The second-order valence-electron chi connectivity index (χ2n) is 6.03. The molecule has 6 heteroatoms. The number of fused-ring (bicyclic) bond motifs is 1. The summed E-state index contributed by atoms with van der Waals surface area (Å²) in [5.41, 5.74) is 4.27. The van der Waals surface area contributed by atoms with Crippen molar-refractivity contribution in [3.05, 3.63) is 71.4 Å². The third-order valence-corrected chi connectivity index (χ3v) is 5.29. The van der Waals surface area contributed by atoms with Crippen LogP contribution in [0.1, 0.15) is 15.4 Å². The number of hydrogen-bond donors (Lipinski definition) is 1. The third-order valence-electron chi connectivity index (χ3n) is 4.26. The van der Waals surface area contributed by atoms with E-state index in [0.29, 0.717) is 11.6 Å². The van der Waals surface area contributed by atoms with Crippen LogP contribution in [0.25, 0.3) is 21.5 Å². The van der Waals surface area contributed by atoms with Gasteiger partial charge in [0.2, 0.25) is 0 Å². The summed E-state index contributed by atoms with van der Waals surface area (Å²) in [5, 5.41) is 7.66. The number of aryl methyl sites for hydroxylation is 1. The predicted molar refractivity (Wildman–Crippen MR) is 104 cm³/mol. The highest BCUT2D eigenvalue weighted by molar-refractivity contribution is 7.20. The Morgan fingerprint density at radius 2 is 1.92 bits per heavy atom. The van der Waals surface area contributed by atoms with Gasteiger partial charge < -0.3 is 5.32 Å². The highest BCUT2D eigenvalue weighted by Crippen LogP contribution is 2.21. The predicted octanol–water partition coefficient (Wildman–Crippen LogP) is 3.67. The molecular weight excluding hydrogens is 344 g/mol. The van der Waals surface area contributed by atoms with Crippen LogP contribution in [-0.4, -0.2) is 27.2 Å². The molecule has 0 bridgehead atoms. The number of nitrogens with one attached hydrogen (secondary N) is 1. The molecule has 0 saturated carbocycles. The van der Waals surface area contributed by atoms with E-state index in [-0.39, 0.29) is 5.91 Å². The Morgan fingerprint density at radius 3 is 2.65 bits per heavy atom. The maximum atomic E-state index is 12.3. The Morgan fingerprint density at radius 1 is 1.12 bits per heavy atom. The van der Waals surface area contributed by atoms with Crippen molar-refractivity contribution in [2.45, 2.75) is 6.42 Å². The maximum Gasteiger partial charge on any atom is 0.280 e. The Labute approximate surface area is 155 Å². The van der Waals surface area contributed by atoms with Gasteiger partial charge in [-0.2, -0.15) is 5.10 Å². The lowest BCUT2D eigenvalue weighted by Crippen LogP contribution is -2.25. The number of benzene rings is 2. The Hall–Kier alpha value is -2.99. The standard InChI is InChI=1S/C20H18N4OS/c1-24-17(11-13-22-24)15-8-6-14(7-9-15)10-12-21-19(25)20-23-16-4-2-3-5-18(16)26-20/h2-9,11,13H,10,12H2,1H3,(H,21,25). The molecule has 2 aromatic carbocycles. The highest BCUT2D eigenvalue weighted by Gasteiger charge is 2.11. The molecule has 0 unspecified atom stereocenters. The average molecular weight is 362 g/mol. The van der Waals surface area contributed by atoms with Gasteiger partial charge in [-0.05, 0) is 35.7 Å². The first-order chi connectivity index (χ1) is 12.7. The number of carbonyl (C=O) groups excluding carboxylic acids is 1. The second-order valence-corrected chi connectivity index (χ2v) is 7.06. The van der Waals surface area contributed by atoms with E-state index in [0.717, 1.165) is 27.9 Å². The van der Waals surface area contributed by atoms with E-state index >= 15 is 0 Å². The van der Waals surface area contributed by atoms with Crippen LogP contribution in [0.5, 0.6) is 0 Å². The third kappa shape index (κ3) is 3.36. The summed E-state index contributed by atoms with van der Waals surface area (Å²) in [6.07, 6.45) is 2.57. The van der Waals surface area contributed by atoms with Crippen LogP contribution < -0.4 is 5.32 Å². The van der Waals surface area contributed by atoms with Gasteiger partial charge in [0.05, 0.1) is 15.9 Å². The van der Waals surface area contributed by atoms with E-state index in [1.54, 1.807) is 6.20 Å². The van der Waals surface area contributed by atoms with Crippen molar-refractivity contribution in [1.29, 1.82) is 0 Å². The van der Waals surface area contributed by atoms with Crippen LogP contribution in [0.15, 0.2) is 60.8 Å². The van der Waals surface area contributed by atoms with Gasteiger partial charge in [0.1, 0.15) is 0 Å². The first-order valence-electron chi connectivity index (χ1n) is 8.42. The summed E-state index contributed by atoms with van der Waals surface area (Å²) in [4.78, 5) is 16.7. The summed E-state index contributed by atoms with van der Waals surface area (Å²) in [5.74, 6) is -0.113. The van der Waals surface area contributed by atoms with E-state index in [9.17, 15) is 4.79 Å². The number of thiazole rings is 1. The fraction of sp³-hybridized carbons (Fsp3) is 0.150. The molecular formula is C20H18N4OS. The molecule has 2 heterocycles. The Bertz CT molecular complexity index is 1020. The molecule has 0 spiro atoms.